The number of fused-ring (bicyclic) bond motifs is 3. The average Bonchev–Trinajstić information content (AvgIpc) is 3.05. The van der Waals surface area contributed by atoms with Gasteiger partial charge in [0.15, 0.2) is 5.82 Å². The third-order valence-corrected chi connectivity index (χ3v) is 4.35. The highest BCUT2D eigenvalue weighted by Crippen LogP contribution is 2.31. The minimum absolute atomic E-state index is 0.220. The Hall–Kier alpha value is -2.67. The van der Waals surface area contributed by atoms with Gasteiger partial charge in [-0.05, 0) is 24.6 Å². The molecule has 0 aliphatic rings. The molecular formula is C20H29N5O2. The van der Waals surface area contributed by atoms with E-state index in [9.17, 15) is 9.90 Å². The van der Waals surface area contributed by atoms with Crippen LogP contribution in [0.1, 0.15) is 49.8 Å². The Bertz CT molecular complexity index is 933. The Balaban J connectivity index is 0.00000126. The maximum Gasteiger partial charge on any atom is 0.335 e. The molecule has 3 rings (SSSR count). The lowest BCUT2D eigenvalue weighted by molar-refractivity contribution is 0.0697. The van der Waals surface area contributed by atoms with Crippen molar-refractivity contribution in [2.45, 2.75) is 46.6 Å². The topological polar surface area (TPSA) is 106 Å². The number of aryl methyl sites for hydroxylation is 1. The Labute approximate surface area is 159 Å². The van der Waals surface area contributed by atoms with Crippen LogP contribution >= 0.6 is 0 Å². The summed E-state index contributed by atoms with van der Waals surface area (Å²) in [5.74, 6) is 0.683. The molecule has 0 bridgehead atoms. The Morgan fingerprint density at radius 3 is 2.63 bits per heavy atom. The number of aromatic carboxylic acids is 1. The van der Waals surface area contributed by atoms with Crippen molar-refractivity contribution in [1.82, 2.24) is 14.5 Å². The van der Waals surface area contributed by atoms with Gasteiger partial charge in [0.2, 0.25) is 0 Å². The third-order valence-electron chi connectivity index (χ3n) is 4.35. The van der Waals surface area contributed by atoms with Gasteiger partial charge in [-0.25, -0.2) is 14.8 Å². The van der Waals surface area contributed by atoms with Crippen LogP contribution in [-0.2, 0) is 13.0 Å². The van der Waals surface area contributed by atoms with Gasteiger partial charge in [0.25, 0.3) is 0 Å². The summed E-state index contributed by atoms with van der Waals surface area (Å²) in [6.07, 6.45) is 3.02. The number of nitrogens with one attached hydrogen (secondary N) is 1. The molecule has 2 aromatic heterocycles. The van der Waals surface area contributed by atoms with Crippen LogP contribution in [0.15, 0.2) is 18.2 Å². The van der Waals surface area contributed by atoms with Crippen LogP contribution < -0.4 is 11.1 Å². The van der Waals surface area contributed by atoms with Crippen molar-refractivity contribution in [1.29, 1.82) is 0 Å². The molecule has 0 radical (unpaired) electrons. The van der Waals surface area contributed by atoms with Gasteiger partial charge in [0.05, 0.1) is 16.6 Å². The molecule has 7 nitrogen and oxygen atoms in total. The van der Waals surface area contributed by atoms with E-state index in [0.717, 1.165) is 41.5 Å². The summed E-state index contributed by atoms with van der Waals surface area (Å²) in [6, 6.07) is 5.02. The van der Waals surface area contributed by atoms with Crippen LogP contribution in [-0.4, -0.2) is 39.2 Å². The number of nitrogens with two attached hydrogens (primary N) is 1. The van der Waals surface area contributed by atoms with Gasteiger partial charge in [-0.2, -0.15) is 0 Å². The van der Waals surface area contributed by atoms with E-state index in [1.165, 1.54) is 0 Å². The predicted molar refractivity (Wildman–Crippen MR) is 111 cm³/mol. The first-order chi connectivity index (χ1) is 13.1. The largest absolute Gasteiger partial charge is 0.478 e. The maximum atomic E-state index is 11.3. The molecule has 27 heavy (non-hydrogen) atoms. The second kappa shape index (κ2) is 9.32. The summed E-state index contributed by atoms with van der Waals surface area (Å²) in [6.45, 7) is 7.33. The van der Waals surface area contributed by atoms with E-state index in [0.29, 0.717) is 24.4 Å². The fraction of sp³-hybridized carbons (Fsp3) is 0.450. The molecule has 0 saturated heterocycles. The highest BCUT2D eigenvalue weighted by atomic mass is 16.4. The van der Waals surface area contributed by atoms with E-state index in [2.05, 4.69) is 21.8 Å². The van der Waals surface area contributed by atoms with Crippen LogP contribution in [0.4, 0.5) is 5.82 Å². The number of anilines is 1. The summed E-state index contributed by atoms with van der Waals surface area (Å²) in [5, 5.41) is 13.2. The number of hydrogen-bond acceptors (Lipinski definition) is 5. The first kappa shape index (κ1) is 20.6. The molecule has 1 aromatic carbocycles. The molecule has 2 heterocycles. The number of rotatable bonds is 7. The van der Waals surface area contributed by atoms with Crippen molar-refractivity contribution in [3.8, 4) is 0 Å². The molecule has 0 atom stereocenters. The van der Waals surface area contributed by atoms with Gasteiger partial charge in [-0.15, -0.1) is 0 Å². The number of carboxylic acid groups (broad SMARTS) is 1. The van der Waals surface area contributed by atoms with Gasteiger partial charge < -0.3 is 20.7 Å². The van der Waals surface area contributed by atoms with E-state index in [4.69, 9.17) is 10.7 Å². The molecule has 0 aliphatic heterocycles. The highest BCUT2D eigenvalue weighted by molar-refractivity contribution is 6.08. The zero-order chi connectivity index (χ0) is 20.0. The quantitative estimate of drug-likeness (QED) is 0.585. The summed E-state index contributed by atoms with van der Waals surface area (Å²) >= 11 is 0. The van der Waals surface area contributed by atoms with Crippen molar-refractivity contribution in [3.05, 3.63) is 29.6 Å². The summed E-state index contributed by atoms with van der Waals surface area (Å²) in [7, 11) is 1.79. The fourth-order valence-electron chi connectivity index (χ4n) is 3.14. The van der Waals surface area contributed by atoms with E-state index < -0.39 is 5.97 Å². The van der Waals surface area contributed by atoms with Crippen molar-refractivity contribution in [2.24, 2.45) is 5.73 Å². The van der Waals surface area contributed by atoms with Gasteiger partial charge in [0.1, 0.15) is 11.3 Å². The lowest BCUT2D eigenvalue weighted by Gasteiger charge is -2.10. The number of carboxylic acids is 1. The van der Waals surface area contributed by atoms with Crippen molar-refractivity contribution in [3.63, 3.8) is 0 Å². The van der Waals surface area contributed by atoms with E-state index in [1.54, 1.807) is 19.2 Å². The molecular weight excluding hydrogens is 342 g/mol. The summed E-state index contributed by atoms with van der Waals surface area (Å²) in [5.41, 5.74) is 8.45. The van der Waals surface area contributed by atoms with Gasteiger partial charge in [-0.3, -0.25) is 0 Å². The molecule has 146 valence electrons. The Morgan fingerprint density at radius 1 is 1.30 bits per heavy atom. The maximum absolute atomic E-state index is 11.3. The van der Waals surface area contributed by atoms with Crippen LogP contribution in [0.3, 0.4) is 0 Å². The first-order valence-corrected chi connectivity index (χ1v) is 9.54. The number of nitrogens with zero attached hydrogens (tertiary/aromatic N) is 3. The van der Waals surface area contributed by atoms with E-state index >= 15 is 0 Å². The van der Waals surface area contributed by atoms with Crippen LogP contribution in [0, 0.1) is 0 Å². The minimum Gasteiger partial charge on any atom is -0.478 e. The second-order valence-corrected chi connectivity index (χ2v) is 6.02. The van der Waals surface area contributed by atoms with Crippen LogP contribution in [0.25, 0.3) is 21.9 Å². The van der Waals surface area contributed by atoms with Crippen LogP contribution in [0.5, 0.6) is 0 Å². The van der Waals surface area contributed by atoms with Gasteiger partial charge in [-0.1, -0.05) is 27.2 Å². The number of pyridine rings is 1. The molecule has 7 heteroatoms. The summed E-state index contributed by atoms with van der Waals surface area (Å²) in [4.78, 5) is 20.7. The monoisotopic (exact) mass is 371 g/mol. The molecule has 0 saturated carbocycles. The number of imidazole rings is 1. The normalized spacial score (nSPS) is 10.7. The molecule has 0 unspecified atom stereocenters. The average molecular weight is 371 g/mol. The number of unbranched alkanes of at least 4 members (excludes halogenated alkanes) is 1. The SMILES string of the molecule is CC.CCCCc1nc2c(NC)nc3cc(C(=O)O)ccc3c2n1CCN. The summed E-state index contributed by atoms with van der Waals surface area (Å²) < 4.78 is 2.15. The molecule has 0 fully saturated rings. The molecule has 0 amide bonds. The smallest absolute Gasteiger partial charge is 0.335 e. The second-order valence-electron chi connectivity index (χ2n) is 6.02. The van der Waals surface area contributed by atoms with Crippen molar-refractivity contribution < 1.29 is 9.90 Å². The van der Waals surface area contributed by atoms with Crippen molar-refractivity contribution in [2.75, 3.05) is 18.9 Å². The zero-order valence-electron chi connectivity index (χ0n) is 16.5. The number of hydrogen-bond donors (Lipinski definition) is 3. The van der Waals surface area contributed by atoms with E-state index in [1.807, 2.05) is 19.9 Å². The predicted octanol–water partition coefficient (Wildman–Crippen LogP) is 3.65. The molecule has 0 aliphatic carbocycles. The van der Waals surface area contributed by atoms with Crippen molar-refractivity contribution >= 4 is 33.7 Å². The standard InChI is InChI=1S/C18H23N5O2.C2H6/c1-3-4-5-14-22-15-16(23(14)9-8-19)12-7-6-11(18(24)25)10-13(12)21-17(15)20-2;1-2/h6-7,10H,3-5,8-9,19H2,1-2H3,(H,20,21)(H,24,25);1-2H3. The minimum atomic E-state index is -0.964. The number of carbonyl (C=O) groups is 1. The highest BCUT2D eigenvalue weighted by Gasteiger charge is 2.18. The lowest BCUT2D eigenvalue weighted by Crippen LogP contribution is -2.13. The lowest BCUT2D eigenvalue weighted by atomic mass is 10.1. The number of benzene rings is 1. The van der Waals surface area contributed by atoms with Gasteiger partial charge in [0, 0.05) is 31.9 Å². The molecule has 4 N–H and O–H groups in total. The number of aromatic nitrogens is 3. The zero-order valence-corrected chi connectivity index (χ0v) is 16.5. The van der Waals surface area contributed by atoms with Gasteiger partial charge >= 0.3 is 5.97 Å². The Kier molecular flexibility index (Phi) is 7.12. The fourth-order valence-corrected chi connectivity index (χ4v) is 3.14. The Morgan fingerprint density at radius 2 is 2.04 bits per heavy atom. The molecule has 0 spiro atoms. The van der Waals surface area contributed by atoms with E-state index in [-0.39, 0.29) is 5.56 Å². The third kappa shape index (κ3) is 4.03. The molecule has 3 aromatic rings. The van der Waals surface area contributed by atoms with Crippen LogP contribution in [0.2, 0.25) is 0 Å². The first-order valence-electron chi connectivity index (χ1n) is 9.54.